The molecule has 8 nitrogen and oxygen atoms in total. The van der Waals surface area contributed by atoms with Crippen molar-refractivity contribution in [2.24, 2.45) is 5.92 Å². The van der Waals surface area contributed by atoms with E-state index in [1.165, 1.54) is 25.3 Å². The average molecular weight is 317 g/mol. The second kappa shape index (κ2) is 7.34. The number of ether oxygens (including phenoxy) is 1. The summed E-state index contributed by atoms with van der Waals surface area (Å²) in [5, 5.41) is 13.7. The van der Waals surface area contributed by atoms with Gasteiger partial charge >= 0.3 is 0 Å². The Kier molecular flexibility index (Phi) is 6.06. The summed E-state index contributed by atoms with van der Waals surface area (Å²) < 4.78 is 31.8. The Morgan fingerprint density at radius 1 is 1.43 bits per heavy atom. The lowest BCUT2D eigenvalue weighted by Crippen LogP contribution is -2.30. The standard InChI is InChI=1S/C12H19N3O5S/c1-9(8-20-3)7-14-21(18,19)12-6-10(13-2)4-5-11(12)15(16)17/h4-6,9,13-14H,7-8H2,1-3H3. The molecule has 1 aromatic carbocycles. The molecular formula is C12H19N3O5S. The summed E-state index contributed by atoms with van der Waals surface area (Å²) in [6.45, 7) is 2.34. The maximum absolute atomic E-state index is 12.3. The van der Waals surface area contributed by atoms with Crippen molar-refractivity contribution >= 4 is 21.4 Å². The van der Waals surface area contributed by atoms with Gasteiger partial charge in [-0.2, -0.15) is 0 Å². The first-order chi connectivity index (χ1) is 9.81. The second-order valence-corrected chi connectivity index (χ2v) is 6.34. The van der Waals surface area contributed by atoms with Gasteiger partial charge in [-0.25, -0.2) is 13.1 Å². The maximum Gasteiger partial charge on any atom is 0.289 e. The molecule has 2 N–H and O–H groups in total. The molecule has 0 saturated heterocycles. The highest BCUT2D eigenvalue weighted by atomic mass is 32.2. The lowest BCUT2D eigenvalue weighted by molar-refractivity contribution is -0.387. The van der Waals surface area contributed by atoms with Crippen LogP contribution in [0.4, 0.5) is 11.4 Å². The minimum Gasteiger partial charge on any atom is -0.388 e. The van der Waals surface area contributed by atoms with Crippen LogP contribution in [0.3, 0.4) is 0 Å². The molecule has 1 aromatic rings. The number of methoxy groups -OCH3 is 1. The van der Waals surface area contributed by atoms with Crippen LogP contribution in [-0.2, 0) is 14.8 Å². The molecule has 0 amide bonds. The smallest absolute Gasteiger partial charge is 0.289 e. The molecule has 0 aromatic heterocycles. The summed E-state index contributed by atoms with van der Waals surface area (Å²) in [7, 11) is -0.846. The van der Waals surface area contributed by atoms with Crippen molar-refractivity contribution in [3.63, 3.8) is 0 Å². The molecule has 0 aliphatic rings. The van der Waals surface area contributed by atoms with Gasteiger partial charge in [-0.15, -0.1) is 0 Å². The van der Waals surface area contributed by atoms with Crippen LogP contribution in [0, 0.1) is 16.0 Å². The number of rotatable bonds is 8. The van der Waals surface area contributed by atoms with E-state index in [1.807, 2.05) is 6.92 Å². The lowest BCUT2D eigenvalue weighted by Gasteiger charge is -2.12. The van der Waals surface area contributed by atoms with E-state index in [0.29, 0.717) is 12.3 Å². The molecule has 21 heavy (non-hydrogen) atoms. The summed E-state index contributed by atoms with van der Waals surface area (Å²) in [6.07, 6.45) is 0. The zero-order valence-corrected chi connectivity index (χ0v) is 12.9. The third-order valence-electron chi connectivity index (χ3n) is 2.81. The number of sulfonamides is 1. The van der Waals surface area contributed by atoms with E-state index in [9.17, 15) is 18.5 Å². The van der Waals surface area contributed by atoms with Crippen molar-refractivity contribution in [1.82, 2.24) is 4.72 Å². The third kappa shape index (κ3) is 4.66. The fourth-order valence-electron chi connectivity index (χ4n) is 1.71. The van der Waals surface area contributed by atoms with E-state index in [0.717, 1.165) is 0 Å². The Labute approximate surface area is 123 Å². The SMILES string of the molecule is CNc1ccc([N+](=O)[O-])c(S(=O)(=O)NCC(C)COC)c1. The van der Waals surface area contributed by atoms with Gasteiger partial charge in [-0.05, 0) is 18.1 Å². The fourth-order valence-corrected chi connectivity index (χ4v) is 3.07. The summed E-state index contributed by atoms with van der Waals surface area (Å²) in [4.78, 5) is 9.91. The molecule has 1 atom stereocenters. The molecule has 0 bridgehead atoms. The normalized spacial score (nSPS) is 12.9. The Bertz CT molecular complexity index is 603. The Balaban J connectivity index is 3.08. The number of anilines is 1. The van der Waals surface area contributed by atoms with Crippen molar-refractivity contribution < 1.29 is 18.1 Å². The van der Waals surface area contributed by atoms with Crippen molar-refractivity contribution in [1.29, 1.82) is 0 Å². The van der Waals surface area contributed by atoms with Crippen LogP contribution in [0.2, 0.25) is 0 Å². The monoisotopic (exact) mass is 317 g/mol. The molecule has 0 fully saturated rings. The molecule has 0 radical (unpaired) electrons. The van der Waals surface area contributed by atoms with E-state index in [2.05, 4.69) is 10.0 Å². The largest absolute Gasteiger partial charge is 0.388 e. The number of nitro benzene ring substituents is 1. The summed E-state index contributed by atoms with van der Waals surface area (Å²) >= 11 is 0. The first-order valence-electron chi connectivity index (χ1n) is 6.26. The van der Waals surface area contributed by atoms with Crippen LogP contribution < -0.4 is 10.0 Å². The van der Waals surface area contributed by atoms with E-state index in [4.69, 9.17) is 4.74 Å². The minimum atomic E-state index is -3.97. The van der Waals surface area contributed by atoms with E-state index >= 15 is 0 Å². The van der Waals surface area contributed by atoms with Crippen LogP contribution in [0.1, 0.15) is 6.92 Å². The third-order valence-corrected chi connectivity index (χ3v) is 4.26. The van der Waals surface area contributed by atoms with Crippen LogP contribution >= 0.6 is 0 Å². The average Bonchev–Trinajstić information content (AvgIpc) is 2.44. The highest BCUT2D eigenvalue weighted by Gasteiger charge is 2.26. The molecule has 118 valence electrons. The summed E-state index contributed by atoms with van der Waals surface area (Å²) in [5.41, 5.74) is 0.0202. The number of hydrogen-bond donors (Lipinski definition) is 2. The van der Waals surface area contributed by atoms with Gasteiger partial charge in [0.1, 0.15) is 0 Å². The molecule has 0 aliphatic heterocycles. The lowest BCUT2D eigenvalue weighted by atomic mass is 10.2. The molecule has 1 unspecified atom stereocenters. The molecular weight excluding hydrogens is 298 g/mol. The molecule has 0 heterocycles. The zero-order chi connectivity index (χ0) is 16.0. The molecule has 0 saturated carbocycles. The topological polar surface area (TPSA) is 111 Å². The fraction of sp³-hybridized carbons (Fsp3) is 0.500. The maximum atomic E-state index is 12.3. The van der Waals surface area contributed by atoms with Crippen molar-refractivity contribution in [3.05, 3.63) is 28.3 Å². The van der Waals surface area contributed by atoms with Gasteiger partial charge < -0.3 is 10.1 Å². The second-order valence-electron chi connectivity index (χ2n) is 4.60. The number of nitrogens with one attached hydrogen (secondary N) is 2. The van der Waals surface area contributed by atoms with Crippen LogP contribution in [-0.4, -0.2) is 40.7 Å². The van der Waals surface area contributed by atoms with Gasteiger partial charge in [-0.3, -0.25) is 10.1 Å². The Morgan fingerprint density at radius 3 is 2.62 bits per heavy atom. The van der Waals surface area contributed by atoms with Crippen LogP contribution in [0.15, 0.2) is 23.1 Å². The van der Waals surface area contributed by atoms with Crippen LogP contribution in [0.25, 0.3) is 0 Å². The first kappa shape index (κ1) is 17.3. The van der Waals surface area contributed by atoms with Gasteiger partial charge in [0.15, 0.2) is 4.90 Å². The van der Waals surface area contributed by atoms with Gasteiger partial charge in [-0.1, -0.05) is 6.92 Å². The molecule has 1 rings (SSSR count). The molecule has 0 aliphatic carbocycles. The first-order valence-corrected chi connectivity index (χ1v) is 7.75. The number of benzene rings is 1. The van der Waals surface area contributed by atoms with E-state index in [-0.39, 0.29) is 17.4 Å². The van der Waals surface area contributed by atoms with Crippen LogP contribution in [0.5, 0.6) is 0 Å². The van der Waals surface area contributed by atoms with E-state index < -0.39 is 20.6 Å². The van der Waals surface area contributed by atoms with Crippen molar-refractivity contribution in [2.75, 3.05) is 32.6 Å². The Hall–Kier alpha value is -1.71. The zero-order valence-electron chi connectivity index (χ0n) is 12.1. The molecule has 0 spiro atoms. The minimum absolute atomic E-state index is 0.0451. The number of hydrogen-bond acceptors (Lipinski definition) is 6. The predicted octanol–water partition coefficient (Wildman–Crippen LogP) is 1.20. The number of nitrogens with zero attached hydrogens (tertiary/aromatic N) is 1. The van der Waals surface area contributed by atoms with Gasteiger partial charge in [0, 0.05) is 39.1 Å². The highest BCUT2D eigenvalue weighted by Crippen LogP contribution is 2.26. The highest BCUT2D eigenvalue weighted by molar-refractivity contribution is 7.89. The summed E-state index contributed by atoms with van der Waals surface area (Å²) in [5.74, 6) is -0.0451. The molecule has 9 heteroatoms. The van der Waals surface area contributed by atoms with Gasteiger partial charge in [0.05, 0.1) is 4.92 Å². The van der Waals surface area contributed by atoms with Gasteiger partial charge in [0.25, 0.3) is 5.69 Å². The summed E-state index contributed by atoms with van der Waals surface area (Å²) in [6, 6.07) is 3.85. The number of nitro groups is 1. The van der Waals surface area contributed by atoms with E-state index in [1.54, 1.807) is 7.05 Å². The van der Waals surface area contributed by atoms with Crippen molar-refractivity contribution in [2.45, 2.75) is 11.8 Å². The Morgan fingerprint density at radius 2 is 2.10 bits per heavy atom. The quantitative estimate of drug-likeness (QED) is 0.550. The predicted molar refractivity (Wildman–Crippen MR) is 78.9 cm³/mol. The van der Waals surface area contributed by atoms with Crippen molar-refractivity contribution in [3.8, 4) is 0 Å². The van der Waals surface area contributed by atoms with Gasteiger partial charge in [0.2, 0.25) is 10.0 Å².